The molecule has 0 amide bonds. The summed E-state index contributed by atoms with van der Waals surface area (Å²) in [5.74, 6) is 0. The fourth-order valence-electron chi connectivity index (χ4n) is 1.18. The van der Waals surface area contributed by atoms with Crippen LogP contribution >= 0.6 is 0 Å². The Morgan fingerprint density at radius 3 is 2.69 bits per heavy atom. The highest BCUT2D eigenvalue weighted by molar-refractivity contribution is 5.47. The molecule has 0 aliphatic heterocycles. The Balaban J connectivity index is 2.22. The van der Waals surface area contributed by atoms with Gasteiger partial charge in [-0.2, -0.15) is 5.26 Å². The molecule has 0 aliphatic carbocycles. The summed E-state index contributed by atoms with van der Waals surface area (Å²) in [4.78, 5) is 0. The number of nitriles is 1. The lowest BCUT2D eigenvalue weighted by molar-refractivity contribution is 0.167. The zero-order chi connectivity index (χ0) is 11.8. The van der Waals surface area contributed by atoms with Crippen LogP contribution < -0.4 is 5.32 Å². The van der Waals surface area contributed by atoms with Gasteiger partial charge in [0.2, 0.25) is 0 Å². The Morgan fingerprint density at radius 1 is 1.44 bits per heavy atom. The van der Waals surface area contributed by atoms with E-state index in [0.717, 1.165) is 17.8 Å². The third-order valence-electron chi connectivity index (χ3n) is 1.94. The number of nitrogens with zero attached hydrogens (tertiary/aromatic N) is 1. The van der Waals surface area contributed by atoms with E-state index in [1.165, 1.54) is 0 Å². The van der Waals surface area contributed by atoms with E-state index >= 15 is 0 Å². The minimum Gasteiger partial charge on any atom is -0.383 e. The molecule has 0 aliphatic rings. The van der Waals surface area contributed by atoms with Crippen molar-refractivity contribution >= 4 is 5.69 Å². The summed E-state index contributed by atoms with van der Waals surface area (Å²) in [5, 5.41) is 11.8. The Bertz CT molecular complexity index is 376. The summed E-state index contributed by atoms with van der Waals surface area (Å²) in [6.07, 6.45) is 0. The minimum absolute atomic E-state index is 0.606. The molecular weight excluding hydrogens is 200 g/mol. The molecule has 0 unspecified atom stereocenters. The quantitative estimate of drug-likeness (QED) is 0.587. The van der Waals surface area contributed by atoms with E-state index in [4.69, 9.17) is 10.00 Å². The predicted molar refractivity (Wildman–Crippen MR) is 65.3 cm³/mol. The van der Waals surface area contributed by atoms with Crippen LogP contribution in [0.5, 0.6) is 0 Å². The van der Waals surface area contributed by atoms with Gasteiger partial charge in [0.1, 0.15) is 0 Å². The molecule has 1 aromatic carbocycles. The first kappa shape index (κ1) is 12.3. The van der Waals surface area contributed by atoms with Gasteiger partial charge in [-0.25, -0.2) is 0 Å². The topological polar surface area (TPSA) is 45.0 Å². The number of nitrogens with one attached hydrogen (secondary N) is 1. The molecule has 84 valence electrons. The number of rotatable bonds is 6. The predicted octanol–water partition coefficient (Wildman–Crippen LogP) is 2.56. The highest BCUT2D eigenvalue weighted by Crippen LogP contribution is 2.07. The van der Waals surface area contributed by atoms with Gasteiger partial charge in [-0.05, 0) is 31.2 Å². The normalized spacial score (nSPS) is 9.50. The lowest BCUT2D eigenvalue weighted by Crippen LogP contribution is -2.10. The third kappa shape index (κ3) is 4.63. The van der Waals surface area contributed by atoms with Gasteiger partial charge in [-0.1, -0.05) is 12.2 Å². The number of ether oxygens (including phenoxy) is 1. The van der Waals surface area contributed by atoms with Crippen LogP contribution in [-0.2, 0) is 4.74 Å². The average Bonchev–Trinajstić information content (AvgIpc) is 2.29. The summed E-state index contributed by atoms with van der Waals surface area (Å²) >= 11 is 0. The average molecular weight is 216 g/mol. The van der Waals surface area contributed by atoms with Gasteiger partial charge in [0, 0.05) is 12.2 Å². The molecule has 1 rings (SSSR count). The summed E-state index contributed by atoms with van der Waals surface area (Å²) in [6, 6.07) is 9.43. The largest absolute Gasteiger partial charge is 0.383 e. The number of hydrogen-bond donors (Lipinski definition) is 1. The van der Waals surface area contributed by atoms with E-state index in [1.54, 1.807) is 12.1 Å². The van der Waals surface area contributed by atoms with Crippen molar-refractivity contribution < 1.29 is 4.74 Å². The van der Waals surface area contributed by atoms with Crippen LogP contribution in [0.4, 0.5) is 5.69 Å². The monoisotopic (exact) mass is 216 g/mol. The van der Waals surface area contributed by atoms with Gasteiger partial charge in [-0.15, -0.1) is 0 Å². The highest BCUT2D eigenvalue weighted by Gasteiger charge is 1.93. The second kappa shape index (κ2) is 6.65. The second-order valence-electron chi connectivity index (χ2n) is 3.63. The van der Waals surface area contributed by atoms with E-state index in [0.29, 0.717) is 18.8 Å². The number of benzene rings is 1. The van der Waals surface area contributed by atoms with Crippen molar-refractivity contribution in [2.45, 2.75) is 6.92 Å². The maximum absolute atomic E-state index is 8.63. The zero-order valence-corrected chi connectivity index (χ0v) is 9.49. The van der Waals surface area contributed by atoms with Crippen LogP contribution in [-0.4, -0.2) is 19.8 Å². The molecule has 1 aromatic rings. The standard InChI is InChI=1S/C13H16N2O/c1-11(2)10-16-8-7-15-13-5-3-12(9-14)4-6-13/h3-6,15H,1,7-8,10H2,2H3. The maximum atomic E-state index is 8.63. The lowest BCUT2D eigenvalue weighted by atomic mass is 10.2. The molecule has 0 spiro atoms. The molecule has 0 atom stereocenters. The summed E-state index contributed by atoms with van der Waals surface area (Å²) < 4.78 is 5.35. The lowest BCUT2D eigenvalue weighted by Gasteiger charge is -2.07. The summed E-state index contributed by atoms with van der Waals surface area (Å²) in [7, 11) is 0. The zero-order valence-electron chi connectivity index (χ0n) is 9.49. The molecule has 0 radical (unpaired) electrons. The van der Waals surface area contributed by atoms with Crippen molar-refractivity contribution in [2.24, 2.45) is 0 Å². The molecular formula is C13H16N2O. The molecule has 0 aromatic heterocycles. The van der Waals surface area contributed by atoms with Crippen LogP contribution in [0.3, 0.4) is 0 Å². The van der Waals surface area contributed by atoms with Gasteiger partial charge in [0.05, 0.1) is 24.8 Å². The first-order valence-corrected chi connectivity index (χ1v) is 5.18. The van der Waals surface area contributed by atoms with Gasteiger partial charge in [-0.3, -0.25) is 0 Å². The molecule has 0 bridgehead atoms. The third-order valence-corrected chi connectivity index (χ3v) is 1.94. The fraction of sp³-hybridized carbons (Fsp3) is 0.308. The van der Waals surface area contributed by atoms with Gasteiger partial charge in [0.15, 0.2) is 0 Å². The van der Waals surface area contributed by atoms with Crippen LogP contribution in [0.25, 0.3) is 0 Å². The number of anilines is 1. The smallest absolute Gasteiger partial charge is 0.0991 e. The van der Waals surface area contributed by atoms with E-state index in [1.807, 2.05) is 19.1 Å². The fourth-order valence-corrected chi connectivity index (χ4v) is 1.18. The molecule has 0 heterocycles. The first-order valence-electron chi connectivity index (χ1n) is 5.18. The van der Waals surface area contributed by atoms with Crippen molar-refractivity contribution in [1.82, 2.24) is 0 Å². The van der Waals surface area contributed by atoms with Crippen LogP contribution in [0.1, 0.15) is 12.5 Å². The second-order valence-corrected chi connectivity index (χ2v) is 3.63. The summed E-state index contributed by atoms with van der Waals surface area (Å²) in [5.41, 5.74) is 2.69. The van der Waals surface area contributed by atoms with E-state index in [9.17, 15) is 0 Å². The van der Waals surface area contributed by atoms with Crippen LogP contribution in [0.15, 0.2) is 36.4 Å². The summed E-state index contributed by atoms with van der Waals surface area (Å²) in [6.45, 7) is 7.69. The molecule has 3 nitrogen and oxygen atoms in total. The minimum atomic E-state index is 0.606. The SMILES string of the molecule is C=C(C)COCCNc1ccc(C#N)cc1. The van der Waals surface area contributed by atoms with Crippen molar-refractivity contribution in [3.05, 3.63) is 42.0 Å². The van der Waals surface area contributed by atoms with E-state index < -0.39 is 0 Å². The van der Waals surface area contributed by atoms with E-state index in [2.05, 4.69) is 18.0 Å². The Hall–Kier alpha value is -1.79. The van der Waals surface area contributed by atoms with Crippen molar-refractivity contribution in [3.63, 3.8) is 0 Å². The molecule has 1 N–H and O–H groups in total. The highest BCUT2D eigenvalue weighted by atomic mass is 16.5. The van der Waals surface area contributed by atoms with Crippen molar-refractivity contribution in [2.75, 3.05) is 25.1 Å². The first-order chi connectivity index (χ1) is 7.72. The Kier molecular flexibility index (Phi) is 5.10. The Labute approximate surface area is 96.4 Å². The van der Waals surface area contributed by atoms with Crippen molar-refractivity contribution in [1.29, 1.82) is 5.26 Å². The molecule has 0 fully saturated rings. The molecule has 0 saturated heterocycles. The maximum Gasteiger partial charge on any atom is 0.0991 e. The van der Waals surface area contributed by atoms with Gasteiger partial charge < -0.3 is 10.1 Å². The van der Waals surface area contributed by atoms with Gasteiger partial charge in [0.25, 0.3) is 0 Å². The van der Waals surface area contributed by atoms with E-state index in [-0.39, 0.29) is 0 Å². The Morgan fingerprint density at radius 2 is 2.12 bits per heavy atom. The molecule has 3 heteroatoms. The van der Waals surface area contributed by atoms with Gasteiger partial charge >= 0.3 is 0 Å². The van der Waals surface area contributed by atoms with Crippen molar-refractivity contribution in [3.8, 4) is 6.07 Å². The number of hydrogen-bond acceptors (Lipinski definition) is 3. The van der Waals surface area contributed by atoms with Crippen LogP contribution in [0, 0.1) is 11.3 Å². The molecule has 0 saturated carbocycles. The molecule has 16 heavy (non-hydrogen) atoms. The van der Waals surface area contributed by atoms with Crippen LogP contribution in [0.2, 0.25) is 0 Å².